The molecule has 1 N–H and O–H groups in total. The molecule has 100 valence electrons. The largest absolute Gasteiger partial charge is 0.370 e. The molecule has 18 heavy (non-hydrogen) atoms. The molecule has 0 aliphatic carbocycles. The zero-order valence-corrected chi connectivity index (χ0v) is 11.0. The molecule has 1 aromatic rings. The molecule has 0 spiro atoms. The number of hydrogen-bond acceptors (Lipinski definition) is 3. The van der Waals surface area contributed by atoms with Gasteiger partial charge in [0.15, 0.2) is 0 Å². The molecule has 4 heteroatoms. The van der Waals surface area contributed by atoms with Crippen LogP contribution in [0.1, 0.15) is 32.6 Å². The monoisotopic (exact) mass is 251 g/mol. The first-order valence-corrected chi connectivity index (χ1v) is 6.86. The highest BCUT2D eigenvalue weighted by atomic mass is 19.1. The van der Waals surface area contributed by atoms with Crippen LogP contribution in [-0.4, -0.2) is 35.6 Å². The number of nitrogens with zero attached hydrogens (tertiary/aromatic N) is 2. The Balaban J connectivity index is 1.66. The second-order valence-electron chi connectivity index (χ2n) is 5.01. The SMILES string of the molecule is CC1CCCCN1CCCNc1cccc(F)n1. The van der Waals surface area contributed by atoms with Crippen LogP contribution in [-0.2, 0) is 0 Å². The van der Waals surface area contributed by atoms with Crippen LogP contribution in [0.25, 0.3) is 0 Å². The molecule has 1 aliphatic rings. The number of rotatable bonds is 5. The number of pyridine rings is 1. The van der Waals surface area contributed by atoms with Gasteiger partial charge >= 0.3 is 0 Å². The molecule has 1 aliphatic heterocycles. The number of anilines is 1. The first-order chi connectivity index (χ1) is 8.75. The molecule has 0 radical (unpaired) electrons. The van der Waals surface area contributed by atoms with Gasteiger partial charge in [-0.3, -0.25) is 0 Å². The Labute approximate surface area is 108 Å². The molecule has 0 aromatic carbocycles. The standard InChI is InChI=1S/C14H22FN3/c1-12-6-2-3-10-18(12)11-5-9-16-14-8-4-7-13(15)17-14/h4,7-8,12H,2-3,5-6,9-11H2,1H3,(H,16,17). The normalized spacial score (nSPS) is 20.9. The molecule has 2 rings (SSSR count). The first kappa shape index (κ1) is 13.3. The maximum absolute atomic E-state index is 12.9. The molecule has 1 atom stereocenters. The van der Waals surface area contributed by atoms with Gasteiger partial charge in [-0.25, -0.2) is 4.98 Å². The Morgan fingerprint density at radius 2 is 2.33 bits per heavy atom. The minimum Gasteiger partial charge on any atom is -0.370 e. The van der Waals surface area contributed by atoms with Crippen LogP contribution < -0.4 is 5.32 Å². The molecule has 3 nitrogen and oxygen atoms in total. The summed E-state index contributed by atoms with van der Waals surface area (Å²) in [5.74, 6) is 0.200. The van der Waals surface area contributed by atoms with E-state index in [9.17, 15) is 4.39 Å². The van der Waals surface area contributed by atoms with Gasteiger partial charge in [0.05, 0.1) is 0 Å². The van der Waals surface area contributed by atoms with Crippen molar-refractivity contribution >= 4 is 5.82 Å². The molecule has 0 amide bonds. The van der Waals surface area contributed by atoms with E-state index in [4.69, 9.17) is 0 Å². The van der Waals surface area contributed by atoms with Gasteiger partial charge in [0, 0.05) is 19.1 Å². The fourth-order valence-electron chi connectivity index (χ4n) is 2.50. The van der Waals surface area contributed by atoms with Gasteiger partial charge in [0.25, 0.3) is 0 Å². The lowest BCUT2D eigenvalue weighted by molar-refractivity contribution is 0.160. The fraction of sp³-hybridized carbons (Fsp3) is 0.643. The Bertz CT molecular complexity index is 370. The maximum atomic E-state index is 12.9. The van der Waals surface area contributed by atoms with E-state index >= 15 is 0 Å². The van der Waals surface area contributed by atoms with Crippen LogP contribution in [0.15, 0.2) is 18.2 Å². The van der Waals surface area contributed by atoms with Gasteiger partial charge in [0.2, 0.25) is 5.95 Å². The van der Waals surface area contributed by atoms with E-state index < -0.39 is 5.95 Å². The molecule has 1 aromatic heterocycles. The van der Waals surface area contributed by atoms with Gasteiger partial charge < -0.3 is 10.2 Å². The molecule has 2 heterocycles. The molecular formula is C14H22FN3. The number of aromatic nitrogens is 1. The van der Waals surface area contributed by atoms with E-state index in [1.54, 1.807) is 12.1 Å². The number of nitrogens with one attached hydrogen (secondary N) is 1. The average molecular weight is 251 g/mol. The molecule has 0 saturated carbocycles. The van der Waals surface area contributed by atoms with Crippen molar-refractivity contribution in [3.8, 4) is 0 Å². The van der Waals surface area contributed by atoms with Crippen molar-refractivity contribution < 1.29 is 4.39 Å². The Morgan fingerprint density at radius 3 is 3.11 bits per heavy atom. The third-order valence-electron chi connectivity index (χ3n) is 3.58. The van der Waals surface area contributed by atoms with Crippen molar-refractivity contribution in [2.75, 3.05) is 25.0 Å². The molecular weight excluding hydrogens is 229 g/mol. The third kappa shape index (κ3) is 3.95. The number of halogens is 1. The highest BCUT2D eigenvalue weighted by Crippen LogP contribution is 2.16. The quantitative estimate of drug-likeness (QED) is 0.644. The number of piperidine rings is 1. The lowest BCUT2D eigenvalue weighted by atomic mass is 10.0. The Morgan fingerprint density at radius 1 is 1.44 bits per heavy atom. The van der Waals surface area contributed by atoms with Crippen molar-refractivity contribution in [2.24, 2.45) is 0 Å². The number of hydrogen-bond donors (Lipinski definition) is 1. The second kappa shape index (κ2) is 6.69. The molecule has 1 unspecified atom stereocenters. The van der Waals surface area contributed by atoms with Crippen LogP contribution in [0.3, 0.4) is 0 Å². The van der Waals surface area contributed by atoms with Crippen LogP contribution >= 0.6 is 0 Å². The molecule has 1 saturated heterocycles. The van der Waals surface area contributed by atoms with Gasteiger partial charge in [-0.05, 0) is 44.9 Å². The van der Waals surface area contributed by atoms with Crippen LogP contribution in [0.5, 0.6) is 0 Å². The van der Waals surface area contributed by atoms with E-state index in [-0.39, 0.29) is 0 Å². The summed E-state index contributed by atoms with van der Waals surface area (Å²) in [7, 11) is 0. The fourth-order valence-corrected chi connectivity index (χ4v) is 2.50. The highest BCUT2D eigenvalue weighted by molar-refractivity contribution is 5.33. The predicted octanol–water partition coefficient (Wildman–Crippen LogP) is 2.90. The van der Waals surface area contributed by atoms with Crippen molar-refractivity contribution in [1.29, 1.82) is 0 Å². The maximum Gasteiger partial charge on any atom is 0.214 e. The highest BCUT2D eigenvalue weighted by Gasteiger charge is 2.16. The van der Waals surface area contributed by atoms with Gasteiger partial charge in [0.1, 0.15) is 5.82 Å². The van der Waals surface area contributed by atoms with Gasteiger partial charge in [-0.1, -0.05) is 12.5 Å². The topological polar surface area (TPSA) is 28.2 Å². The van der Waals surface area contributed by atoms with E-state index in [1.807, 2.05) is 0 Å². The van der Waals surface area contributed by atoms with Crippen LogP contribution in [0.4, 0.5) is 10.2 Å². The lowest BCUT2D eigenvalue weighted by Gasteiger charge is -2.33. The summed E-state index contributed by atoms with van der Waals surface area (Å²) in [6.45, 7) is 5.49. The predicted molar refractivity (Wildman–Crippen MR) is 72.2 cm³/mol. The minimum atomic E-state index is -0.426. The molecule has 1 fully saturated rings. The summed E-state index contributed by atoms with van der Waals surface area (Å²) in [5, 5.41) is 3.16. The lowest BCUT2D eigenvalue weighted by Crippen LogP contribution is -2.38. The third-order valence-corrected chi connectivity index (χ3v) is 3.58. The summed E-state index contributed by atoms with van der Waals surface area (Å²) < 4.78 is 12.9. The summed E-state index contributed by atoms with van der Waals surface area (Å²) in [4.78, 5) is 6.33. The average Bonchev–Trinajstić information content (AvgIpc) is 2.37. The van der Waals surface area contributed by atoms with Gasteiger partial charge in [-0.15, -0.1) is 0 Å². The van der Waals surface area contributed by atoms with Gasteiger partial charge in [-0.2, -0.15) is 4.39 Å². The summed E-state index contributed by atoms with van der Waals surface area (Å²) in [6.07, 6.45) is 5.08. The Kier molecular flexibility index (Phi) is 4.93. The Hall–Kier alpha value is -1.16. The van der Waals surface area contributed by atoms with Crippen molar-refractivity contribution in [2.45, 2.75) is 38.6 Å². The number of likely N-dealkylation sites (tertiary alicyclic amines) is 1. The van der Waals surface area contributed by atoms with Crippen molar-refractivity contribution in [3.63, 3.8) is 0 Å². The summed E-state index contributed by atoms with van der Waals surface area (Å²) >= 11 is 0. The summed E-state index contributed by atoms with van der Waals surface area (Å²) in [5.41, 5.74) is 0. The van der Waals surface area contributed by atoms with E-state index in [0.717, 1.165) is 19.5 Å². The minimum absolute atomic E-state index is 0.426. The van der Waals surface area contributed by atoms with E-state index in [0.29, 0.717) is 11.9 Å². The van der Waals surface area contributed by atoms with Crippen molar-refractivity contribution in [1.82, 2.24) is 9.88 Å². The zero-order valence-electron chi connectivity index (χ0n) is 11.0. The van der Waals surface area contributed by atoms with E-state index in [1.165, 1.54) is 31.9 Å². The van der Waals surface area contributed by atoms with Crippen LogP contribution in [0, 0.1) is 5.95 Å². The summed E-state index contributed by atoms with van der Waals surface area (Å²) in [6, 6.07) is 5.55. The molecule has 0 bridgehead atoms. The smallest absolute Gasteiger partial charge is 0.214 e. The van der Waals surface area contributed by atoms with E-state index in [2.05, 4.69) is 22.1 Å². The van der Waals surface area contributed by atoms with Crippen LogP contribution in [0.2, 0.25) is 0 Å². The second-order valence-corrected chi connectivity index (χ2v) is 5.01. The first-order valence-electron chi connectivity index (χ1n) is 6.86. The zero-order chi connectivity index (χ0) is 12.8. The van der Waals surface area contributed by atoms with Crippen molar-refractivity contribution in [3.05, 3.63) is 24.1 Å².